The Bertz CT molecular complexity index is 604. The van der Waals surface area contributed by atoms with E-state index in [4.69, 9.17) is 0 Å². The molecule has 240 valence electrons. The zero-order chi connectivity index (χ0) is 29.5. The Morgan fingerprint density at radius 2 is 0.610 bits per heavy atom. The van der Waals surface area contributed by atoms with Crippen molar-refractivity contribution >= 4 is 0 Å². The van der Waals surface area contributed by atoms with Crippen LogP contribution in [0.4, 0.5) is 0 Å². The van der Waals surface area contributed by atoms with Gasteiger partial charge in [0.05, 0.1) is 0 Å². The van der Waals surface area contributed by atoms with Gasteiger partial charge in [-0.3, -0.25) is 0 Å². The molecule has 1 rings (SSSR count). The molecule has 0 N–H and O–H groups in total. The maximum atomic E-state index is 2.56. The minimum absolute atomic E-state index is 1.21. The van der Waals surface area contributed by atoms with Gasteiger partial charge in [0.25, 0.3) is 0 Å². The molecule has 0 aliphatic carbocycles. The van der Waals surface area contributed by atoms with Crippen LogP contribution in [0.1, 0.15) is 218 Å². The van der Waals surface area contributed by atoms with Gasteiger partial charge in [-0.15, -0.1) is 0 Å². The molecule has 1 aromatic heterocycles. The second-order valence-electron chi connectivity index (χ2n) is 13.5. The number of nitrogens with zero attached hydrogens (tertiary/aromatic N) is 1. The third-order valence-corrected chi connectivity index (χ3v) is 9.19. The fraction of sp³-hybridized carbons (Fsp3) is 0.875. The van der Waals surface area contributed by atoms with Crippen molar-refractivity contribution in [3.05, 3.63) is 29.6 Å². The van der Waals surface area contributed by atoms with E-state index in [1.165, 1.54) is 206 Å². The lowest BCUT2D eigenvalue weighted by Gasteiger charge is -2.07. The minimum Gasteiger partial charge on any atom is -0.205 e. The van der Waals surface area contributed by atoms with E-state index in [1.54, 1.807) is 11.1 Å². The monoisotopic (exact) mass is 571 g/mol. The van der Waals surface area contributed by atoms with Crippen LogP contribution in [0.2, 0.25) is 0 Å². The maximum absolute atomic E-state index is 2.56. The molecule has 0 saturated heterocycles. The summed E-state index contributed by atoms with van der Waals surface area (Å²) < 4.78 is 2.55. The van der Waals surface area contributed by atoms with Crippen molar-refractivity contribution in [1.29, 1.82) is 0 Å². The molecule has 0 spiro atoms. The SMILES string of the molecule is CCCCCCCCCCCCCCc1cc(CCCCCCCCCCCCCC)c[n+](CCCCCCC)c1. The van der Waals surface area contributed by atoms with Crippen molar-refractivity contribution in [1.82, 2.24) is 0 Å². The first-order valence-electron chi connectivity index (χ1n) is 19.3. The lowest BCUT2D eigenvalue weighted by Crippen LogP contribution is -2.34. The first kappa shape index (κ1) is 38.2. The van der Waals surface area contributed by atoms with Crippen molar-refractivity contribution in [2.24, 2.45) is 0 Å². The van der Waals surface area contributed by atoms with E-state index in [0.717, 1.165) is 0 Å². The predicted molar refractivity (Wildman–Crippen MR) is 185 cm³/mol. The quantitative estimate of drug-likeness (QED) is 0.0599. The summed E-state index contributed by atoms with van der Waals surface area (Å²) in [5, 5.41) is 0. The fourth-order valence-electron chi connectivity index (χ4n) is 6.42. The molecule has 0 radical (unpaired) electrons. The van der Waals surface area contributed by atoms with Crippen LogP contribution < -0.4 is 4.57 Å². The average Bonchev–Trinajstić information content (AvgIpc) is 2.98. The van der Waals surface area contributed by atoms with Crippen LogP contribution in [0, 0.1) is 0 Å². The van der Waals surface area contributed by atoms with E-state index < -0.39 is 0 Å². The molecular formula is C40H76N+. The van der Waals surface area contributed by atoms with Gasteiger partial charge in [0, 0.05) is 17.5 Å². The molecule has 1 aromatic rings. The fourth-order valence-corrected chi connectivity index (χ4v) is 6.42. The first-order valence-corrected chi connectivity index (χ1v) is 19.3. The van der Waals surface area contributed by atoms with Gasteiger partial charge in [-0.05, 0) is 38.2 Å². The van der Waals surface area contributed by atoms with Crippen molar-refractivity contribution in [3.63, 3.8) is 0 Å². The van der Waals surface area contributed by atoms with E-state index in [0.29, 0.717) is 0 Å². The molecule has 0 unspecified atom stereocenters. The largest absolute Gasteiger partial charge is 0.205 e. The topological polar surface area (TPSA) is 3.88 Å². The number of aryl methyl sites for hydroxylation is 3. The maximum Gasteiger partial charge on any atom is 0.171 e. The molecule has 1 heterocycles. The standard InChI is InChI=1S/C40H76N/c1-4-7-10-13-15-17-19-21-23-25-27-30-33-39-36-40(38-41(37-39)35-32-29-12-9-6-3)34-31-28-26-24-22-20-18-16-14-11-8-5-2/h36-38H,4-35H2,1-3H3/q+1. The van der Waals surface area contributed by atoms with E-state index in [-0.39, 0.29) is 0 Å². The summed E-state index contributed by atoms with van der Waals surface area (Å²) in [7, 11) is 0. The Kier molecular flexibility index (Phi) is 28.5. The van der Waals surface area contributed by atoms with E-state index in [2.05, 4.69) is 43.8 Å². The molecule has 0 saturated carbocycles. The van der Waals surface area contributed by atoms with Crippen molar-refractivity contribution < 1.29 is 4.57 Å². The summed E-state index contributed by atoms with van der Waals surface area (Å²) in [5.41, 5.74) is 3.20. The predicted octanol–water partition coefficient (Wildman–Crippen LogP) is 13.4. The third-order valence-electron chi connectivity index (χ3n) is 9.19. The van der Waals surface area contributed by atoms with Gasteiger partial charge in [0.15, 0.2) is 12.4 Å². The Balaban J connectivity index is 2.27. The highest BCUT2D eigenvalue weighted by Crippen LogP contribution is 2.16. The highest BCUT2D eigenvalue weighted by atomic mass is 14.9. The first-order chi connectivity index (χ1) is 20.3. The Hall–Kier alpha value is -0.850. The summed E-state index contributed by atoms with van der Waals surface area (Å²) in [5.74, 6) is 0. The zero-order valence-electron chi connectivity index (χ0n) is 28.8. The summed E-state index contributed by atoms with van der Waals surface area (Å²) >= 11 is 0. The molecule has 0 atom stereocenters. The van der Waals surface area contributed by atoms with Gasteiger partial charge in [0.1, 0.15) is 6.54 Å². The highest BCUT2D eigenvalue weighted by Gasteiger charge is 2.09. The Morgan fingerprint density at radius 1 is 0.341 bits per heavy atom. The van der Waals surface area contributed by atoms with Crippen LogP contribution in [-0.4, -0.2) is 0 Å². The van der Waals surface area contributed by atoms with Crippen molar-refractivity contribution in [2.45, 2.75) is 226 Å². The second kappa shape index (κ2) is 30.6. The van der Waals surface area contributed by atoms with Gasteiger partial charge < -0.3 is 0 Å². The van der Waals surface area contributed by atoms with Crippen LogP contribution in [0.25, 0.3) is 0 Å². The molecule has 0 amide bonds. The van der Waals surface area contributed by atoms with Crippen LogP contribution in [-0.2, 0) is 19.4 Å². The molecule has 0 bridgehead atoms. The molecular weight excluding hydrogens is 494 g/mol. The second-order valence-corrected chi connectivity index (χ2v) is 13.5. The molecule has 0 fully saturated rings. The highest BCUT2D eigenvalue weighted by molar-refractivity contribution is 5.15. The van der Waals surface area contributed by atoms with Crippen molar-refractivity contribution in [3.8, 4) is 0 Å². The summed E-state index contributed by atoms with van der Waals surface area (Å²) in [6, 6.07) is 2.56. The number of hydrogen-bond acceptors (Lipinski definition) is 0. The molecule has 0 aliphatic heterocycles. The smallest absolute Gasteiger partial charge is 0.171 e. The van der Waals surface area contributed by atoms with Gasteiger partial charge in [-0.2, -0.15) is 0 Å². The molecule has 1 nitrogen and oxygen atoms in total. The number of hydrogen-bond donors (Lipinski definition) is 0. The summed E-state index contributed by atoms with van der Waals surface area (Å²) in [6.45, 7) is 8.15. The number of unbranched alkanes of at least 4 members (excludes halogenated alkanes) is 26. The van der Waals surface area contributed by atoms with Gasteiger partial charge in [-0.25, -0.2) is 4.57 Å². The van der Waals surface area contributed by atoms with Crippen LogP contribution >= 0.6 is 0 Å². The van der Waals surface area contributed by atoms with E-state index in [1.807, 2.05) is 0 Å². The van der Waals surface area contributed by atoms with Crippen LogP contribution in [0.15, 0.2) is 18.5 Å². The molecule has 0 aliphatic rings. The van der Waals surface area contributed by atoms with E-state index >= 15 is 0 Å². The molecule has 41 heavy (non-hydrogen) atoms. The van der Waals surface area contributed by atoms with Crippen LogP contribution in [0.3, 0.4) is 0 Å². The van der Waals surface area contributed by atoms with Crippen molar-refractivity contribution in [2.75, 3.05) is 0 Å². The van der Waals surface area contributed by atoms with Gasteiger partial charge >= 0.3 is 0 Å². The summed E-state index contributed by atoms with van der Waals surface area (Å²) in [6.07, 6.45) is 48.9. The molecule has 1 heteroatoms. The molecule has 0 aromatic carbocycles. The number of rotatable bonds is 32. The number of aromatic nitrogens is 1. The average molecular weight is 571 g/mol. The zero-order valence-corrected chi connectivity index (χ0v) is 28.8. The number of pyridine rings is 1. The van der Waals surface area contributed by atoms with Gasteiger partial charge in [-0.1, -0.05) is 181 Å². The Labute approximate surface area is 260 Å². The normalized spacial score (nSPS) is 11.5. The third kappa shape index (κ3) is 25.4. The minimum atomic E-state index is 1.21. The lowest BCUT2D eigenvalue weighted by atomic mass is 10.0. The van der Waals surface area contributed by atoms with Gasteiger partial charge in [0.2, 0.25) is 0 Å². The Morgan fingerprint density at radius 3 is 0.927 bits per heavy atom. The lowest BCUT2D eigenvalue weighted by molar-refractivity contribution is -0.698. The van der Waals surface area contributed by atoms with E-state index in [9.17, 15) is 0 Å². The van der Waals surface area contributed by atoms with Crippen LogP contribution in [0.5, 0.6) is 0 Å². The summed E-state index contributed by atoms with van der Waals surface area (Å²) in [4.78, 5) is 0.